The molecule has 2 aromatic rings. The highest BCUT2D eigenvalue weighted by Crippen LogP contribution is 2.35. The summed E-state index contributed by atoms with van der Waals surface area (Å²) in [5, 5.41) is 11.7. The topological polar surface area (TPSA) is 69.7 Å². The minimum atomic E-state index is -1.34. The number of rotatable bonds is 6. The van der Waals surface area contributed by atoms with Crippen LogP contribution in [0.3, 0.4) is 0 Å². The summed E-state index contributed by atoms with van der Waals surface area (Å²) in [6.45, 7) is 0. The number of carbonyl (C=O) groups excluding carboxylic acids is 2. The van der Waals surface area contributed by atoms with Gasteiger partial charge >= 0.3 is 0 Å². The van der Waals surface area contributed by atoms with Gasteiger partial charge in [-0.3, -0.25) is 9.69 Å². The van der Waals surface area contributed by atoms with Gasteiger partial charge < -0.3 is 14.6 Å². The van der Waals surface area contributed by atoms with E-state index in [1.54, 1.807) is 31.4 Å². The van der Waals surface area contributed by atoms with E-state index in [4.69, 9.17) is 17.0 Å². The van der Waals surface area contributed by atoms with Gasteiger partial charge in [0.1, 0.15) is 10.1 Å². The standard InChI is InChI=1S/C20H17NO4S2/c1-25-16-10-6-5-9-14(16)12-17-18(22)21(20(26)27-17)15(19(23)24)11-13-7-3-2-4-8-13/h2-10,12,15H,11H2,1H3,(H,23,24)/p-1. The Balaban J connectivity index is 1.90. The first-order valence-electron chi connectivity index (χ1n) is 8.16. The van der Waals surface area contributed by atoms with Crippen molar-refractivity contribution in [3.05, 3.63) is 70.6 Å². The summed E-state index contributed by atoms with van der Waals surface area (Å²) in [5.74, 6) is -1.17. The van der Waals surface area contributed by atoms with Crippen molar-refractivity contribution >= 4 is 46.3 Å². The van der Waals surface area contributed by atoms with Crippen LogP contribution < -0.4 is 9.84 Å². The summed E-state index contributed by atoms with van der Waals surface area (Å²) in [5.41, 5.74) is 1.50. The predicted molar refractivity (Wildman–Crippen MR) is 107 cm³/mol. The van der Waals surface area contributed by atoms with Gasteiger partial charge in [0.25, 0.3) is 5.91 Å². The second-order valence-corrected chi connectivity index (χ2v) is 7.49. The third kappa shape index (κ3) is 4.20. The minimum absolute atomic E-state index is 0.123. The van der Waals surface area contributed by atoms with Crippen LogP contribution in [0, 0.1) is 0 Å². The lowest BCUT2D eigenvalue weighted by atomic mass is 10.0. The number of hydrogen-bond donors (Lipinski definition) is 0. The lowest BCUT2D eigenvalue weighted by molar-refractivity contribution is -0.310. The monoisotopic (exact) mass is 398 g/mol. The van der Waals surface area contributed by atoms with Crippen molar-refractivity contribution in [3.8, 4) is 5.75 Å². The van der Waals surface area contributed by atoms with E-state index in [1.165, 1.54) is 0 Å². The van der Waals surface area contributed by atoms with Crippen LogP contribution >= 0.6 is 24.0 Å². The molecular formula is C20H16NO4S2-. The normalized spacial score (nSPS) is 16.6. The largest absolute Gasteiger partial charge is 0.548 e. The van der Waals surface area contributed by atoms with Gasteiger partial charge in [0.2, 0.25) is 0 Å². The molecule has 0 bridgehead atoms. The van der Waals surface area contributed by atoms with Gasteiger partial charge in [-0.15, -0.1) is 0 Å². The van der Waals surface area contributed by atoms with Crippen molar-refractivity contribution in [2.75, 3.05) is 7.11 Å². The highest BCUT2D eigenvalue weighted by Gasteiger charge is 2.37. The fraction of sp³-hybridized carbons (Fsp3) is 0.150. The number of thioether (sulfide) groups is 1. The number of carboxylic acids is 1. The molecule has 1 heterocycles. The molecule has 7 heteroatoms. The molecule has 0 radical (unpaired) electrons. The van der Waals surface area contributed by atoms with Gasteiger partial charge in [0, 0.05) is 5.56 Å². The van der Waals surface area contributed by atoms with Gasteiger partial charge in [0.15, 0.2) is 0 Å². The fourth-order valence-corrected chi connectivity index (χ4v) is 4.14. The number of carboxylic acid groups (broad SMARTS) is 1. The summed E-state index contributed by atoms with van der Waals surface area (Å²) in [4.78, 5) is 26.1. The number of aliphatic carboxylic acids is 1. The van der Waals surface area contributed by atoms with Crippen LogP contribution in [0.4, 0.5) is 0 Å². The van der Waals surface area contributed by atoms with Crippen molar-refractivity contribution < 1.29 is 19.4 Å². The van der Waals surface area contributed by atoms with Crippen LogP contribution in [-0.4, -0.2) is 34.2 Å². The Morgan fingerprint density at radius 1 is 1.22 bits per heavy atom. The van der Waals surface area contributed by atoms with Crippen molar-refractivity contribution in [1.82, 2.24) is 4.90 Å². The molecular weight excluding hydrogens is 382 g/mol. The second kappa shape index (κ2) is 8.37. The molecule has 1 saturated heterocycles. The highest BCUT2D eigenvalue weighted by molar-refractivity contribution is 8.26. The van der Waals surface area contributed by atoms with E-state index in [0.717, 1.165) is 22.2 Å². The van der Waals surface area contributed by atoms with E-state index < -0.39 is 17.9 Å². The number of ether oxygens (including phenoxy) is 1. The van der Waals surface area contributed by atoms with Crippen LogP contribution in [0.15, 0.2) is 59.5 Å². The maximum Gasteiger partial charge on any atom is 0.266 e. The minimum Gasteiger partial charge on any atom is -0.548 e. The fourth-order valence-electron chi connectivity index (χ4n) is 2.79. The molecule has 1 aliphatic heterocycles. The van der Waals surface area contributed by atoms with Crippen LogP contribution in [0.25, 0.3) is 6.08 Å². The number of carbonyl (C=O) groups is 2. The number of nitrogens with zero attached hydrogens (tertiary/aromatic N) is 1. The van der Waals surface area contributed by atoms with E-state index in [2.05, 4.69) is 0 Å². The molecule has 0 spiro atoms. The van der Waals surface area contributed by atoms with E-state index in [0.29, 0.717) is 16.2 Å². The Hall–Kier alpha value is -2.64. The molecule has 1 fully saturated rings. The molecule has 3 rings (SSSR count). The highest BCUT2D eigenvalue weighted by atomic mass is 32.2. The average Bonchev–Trinajstić information content (AvgIpc) is 2.94. The smallest absolute Gasteiger partial charge is 0.266 e. The molecule has 1 amide bonds. The van der Waals surface area contributed by atoms with Gasteiger partial charge in [-0.2, -0.15) is 0 Å². The van der Waals surface area contributed by atoms with Crippen molar-refractivity contribution in [1.29, 1.82) is 0 Å². The lowest BCUT2D eigenvalue weighted by Gasteiger charge is -2.27. The second-order valence-electron chi connectivity index (χ2n) is 5.82. The number of para-hydroxylation sites is 1. The molecule has 0 saturated carbocycles. The zero-order valence-corrected chi connectivity index (χ0v) is 16.1. The van der Waals surface area contributed by atoms with E-state index in [9.17, 15) is 14.7 Å². The first kappa shape index (κ1) is 19.1. The van der Waals surface area contributed by atoms with Crippen LogP contribution in [0.5, 0.6) is 5.75 Å². The molecule has 5 nitrogen and oxygen atoms in total. The SMILES string of the molecule is COc1ccccc1C=C1SC(=S)N(C(Cc2ccccc2)C(=O)[O-])C1=O. The Kier molecular flexibility index (Phi) is 5.93. The zero-order valence-electron chi connectivity index (χ0n) is 14.5. The van der Waals surface area contributed by atoms with Crippen molar-refractivity contribution in [2.45, 2.75) is 12.5 Å². The number of benzene rings is 2. The van der Waals surface area contributed by atoms with Crippen molar-refractivity contribution in [2.24, 2.45) is 0 Å². The van der Waals surface area contributed by atoms with Crippen molar-refractivity contribution in [3.63, 3.8) is 0 Å². The third-order valence-corrected chi connectivity index (χ3v) is 5.44. The number of hydrogen-bond acceptors (Lipinski definition) is 6. The average molecular weight is 398 g/mol. The molecule has 1 aliphatic rings. The first-order chi connectivity index (χ1) is 13.0. The van der Waals surface area contributed by atoms with Crippen LogP contribution in [-0.2, 0) is 16.0 Å². The summed E-state index contributed by atoms with van der Waals surface area (Å²) in [6, 6.07) is 15.2. The van der Waals surface area contributed by atoms with E-state index >= 15 is 0 Å². The summed E-state index contributed by atoms with van der Waals surface area (Å²) in [6.07, 6.45) is 1.78. The zero-order chi connectivity index (χ0) is 19.4. The molecule has 1 unspecified atom stereocenters. The summed E-state index contributed by atoms with van der Waals surface area (Å²) in [7, 11) is 1.55. The quantitative estimate of drug-likeness (QED) is 0.549. The molecule has 0 aromatic heterocycles. The Bertz CT molecular complexity index is 911. The summed E-state index contributed by atoms with van der Waals surface area (Å²) >= 11 is 6.36. The molecule has 1 atom stereocenters. The molecule has 138 valence electrons. The predicted octanol–water partition coefficient (Wildman–Crippen LogP) is 2.26. The Morgan fingerprint density at radius 2 is 1.89 bits per heavy atom. The van der Waals surface area contributed by atoms with E-state index in [-0.39, 0.29) is 10.7 Å². The van der Waals surface area contributed by atoms with Gasteiger partial charge in [-0.1, -0.05) is 72.5 Å². The molecule has 0 aliphatic carbocycles. The first-order valence-corrected chi connectivity index (χ1v) is 9.38. The number of amides is 1. The number of methoxy groups -OCH3 is 1. The maximum absolute atomic E-state index is 12.9. The van der Waals surface area contributed by atoms with Crippen LogP contribution in [0.1, 0.15) is 11.1 Å². The molecule has 27 heavy (non-hydrogen) atoms. The number of thiocarbonyl (C=S) groups is 1. The van der Waals surface area contributed by atoms with Crippen LogP contribution in [0.2, 0.25) is 0 Å². The maximum atomic E-state index is 12.9. The Morgan fingerprint density at radius 3 is 2.56 bits per heavy atom. The van der Waals surface area contributed by atoms with Gasteiger partial charge in [-0.05, 0) is 24.1 Å². The van der Waals surface area contributed by atoms with Gasteiger partial charge in [0.05, 0.1) is 24.0 Å². The molecule has 2 aromatic carbocycles. The van der Waals surface area contributed by atoms with Gasteiger partial charge in [-0.25, -0.2) is 0 Å². The van der Waals surface area contributed by atoms with E-state index in [1.807, 2.05) is 36.4 Å². The third-order valence-electron chi connectivity index (χ3n) is 4.10. The molecule has 0 N–H and O–H groups in total. The Labute approximate surface area is 166 Å². The summed E-state index contributed by atoms with van der Waals surface area (Å²) < 4.78 is 5.49. The lowest BCUT2D eigenvalue weighted by Crippen LogP contribution is -2.51.